The lowest BCUT2D eigenvalue weighted by atomic mass is 10.0. The van der Waals surface area contributed by atoms with Crippen molar-refractivity contribution in [1.82, 2.24) is 20.4 Å². The van der Waals surface area contributed by atoms with Gasteiger partial charge in [0.1, 0.15) is 23.7 Å². The van der Waals surface area contributed by atoms with Crippen molar-refractivity contribution in [2.45, 2.75) is 63.8 Å². The molecule has 1 heterocycles. The molecule has 3 atom stereocenters. The summed E-state index contributed by atoms with van der Waals surface area (Å²) in [5, 5.41) is 15.7. The van der Waals surface area contributed by atoms with Gasteiger partial charge in [-0.2, -0.15) is 0 Å². The Balaban J connectivity index is 1.97. The monoisotopic (exact) mass is 446 g/mol. The molecule has 3 N–H and O–H groups in total. The maximum Gasteiger partial charge on any atom is 0.252 e. The third kappa shape index (κ3) is 6.29. The Morgan fingerprint density at radius 3 is 2.41 bits per heavy atom. The normalized spacial score (nSPS) is 17.9. The minimum Gasteiger partial charge on any atom is -0.383 e. The third-order valence-corrected chi connectivity index (χ3v) is 5.52. The van der Waals surface area contributed by atoms with Gasteiger partial charge in [-0.15, -0.1) is 0 Å². The van der Waals surface area contributed by atoms with E-state index in [4.69, 9.17) is 0 Å². The van der Waals surface area contributed by atoms with Crippen molar-refractivity contribution in [2.75, 3.05) is 20.6 Å². The standard InChI is InChI=1S/C23H34N4O5/c1-15(19(29)25-23(2,3)22(32)26(4)5)24-20(30)17-12-9-13-27(17)21(31)18(28)14-16-10-7-6-8-11-16/h6-8,10-11,15,17-18,28H,9,12-14H2,1-5H3,(H,24,30)(H,25,29)/t15-,17+,18-/m0/s1. The van der Waals surface area contributed by atoms with E-state index in [0.717, 1.165) is 5.56 Å². The van der Waals surface area contributed by atoms with Crippen LogP contribution in [0.25, 0.3) is 0 Å². The zero-order valence-electron chi connectivity index (χ0n) is 19.4. The molecule has 1 aromatic rings. The van der Waals surface area contributed by atoms with E-state index in [1.54, 1.807) is 27.9 Å². The second-order valence-corrected chi connectivity index (χ2v) is 8.94. The number of aliphatic hydroxyl groups excluding tert-OH is 1. The first-order valence-electron chi connectivity index (χ1n) is 10.8. The fourth-order valence-corrected chi connectivity index (χ4v) is 3.82. The highest BCUT2D eigenvalue weighted by atomic mass is 16.3. The maximum absolute atomic E-state index is 12.8. The van der Waals surface area contributed by atoms with Crippen molar-refractivity contribution in [3.63, 3.8) is 0 Å². The lowest BCUT2D eigenvalue weighted by molar-refractivity contribution is -0.145. The van der Waals surface area contributed by atoms with Gasteiger partial charge in [-0.05, 0) is 39.2 Å². The Hall–Kier alpha value is -2.94. The van der Waals surface area contributed by atoms with E-state index in [9.17, 15) is 24.3 Å². The van der Waals surface area contributed by atoms with Gasteiger partial charge >= 0.3 is 0 Å². The summed E-state index contributed by atoms with van der Waals surface area (Å²) in [6, 6.07) is 7.52. The number of carbonyl (C=O) groups excluding carboxylic acids is 4. The fourth-order valence-electron chi connectivity index (χ4n) is 3.82. The Morgan fingerprint density at radius 1 is 1.19 bits per heavy atom. The van der Waals surface area contributed by atoms with E-state index >= 15 is 0 Å². The van der Waals surface area contributed by atoms with Gasteiger partial charge in [-0.1, -0.05) is 30.3 Å². The number of nitrogens with zero attached hydrogens (tertiary/aromatic N) is 2. The molecule has 32 heavy (non-hydrogen) atoms. The SMILES string of the molecule is C[C@H](NC(=O)[C@H]1CCCN1C(=O)[C@@H](O)Cc1ccccc1)C(=O)NC(C)(C)C(=O)N(C)C. The molecule has 176 valence electrons. The van der Waals surface area contributed by atoms with E-state index in [1.807, 2.05) is 30.3 Å². The second-order valence-electron chi connectivity index (χ2n) is 8.94. The van der Waals surface area contributed by atoms with Gasteiger partial charge in [0.2, 0.25) is 17.7 Å². The zero-order valence-corrected chi connectivity index (χ0v) is 19.4. The van der Waals surface area contributed by atoms with Crippen LogP contribution in [0.15, 0.2) is 30.3 Å². The number of amides is 4. The van der Waals surface area contributed by atoms with Crippen LogP contribution in [-0.2, 0) is 25.6 Å². The highest BCUT2D eigenvalue weighted by Crippen LogP contribution is 2.20. The second kappa shape index (κ2) is 10.6. The van der Waals surface area contributed by atoms with E-state index in [0.29, 0.717) is 19.4 Å². The van der Waals surface area contributed by atoms with Crippen molar-refractivity contribution in [1.29, 1.82) is 0 Å². The first-order chi connectivity index (χ1) is 14.9. The molecule has 9 nitrogen and oxygen atoms in total. The van der Waals surface area contributed by atoms with E-state index in [-0.39, 0.29) is 12.3 Å². The average molecular weight is 447 g/mol. The summed E-state index contributed by atoms with van der Waals surface area (Å²) in [5.41, 5.74) is -0.301. The predicted molar refractivity (Wildman–Crippen MR) is 119 cm³/mol. The maximum atomic E-state index is 12.8. The van der Waals surface area contributed by atoms with Gasteiger partial charge in [0.15, 0.2) is 0 Å². The number of likely N-dealkylation sites (N-methyl/N-ethyl adjacent to an activating group) is 1. The molecule has 1 aliphatic heterocycles. The zero-order chi connectivity index (χ0) is 24.1. The number of rotatable bonds is 8. The summed E-state index contributed by atoms with van der Waals surface area (Å²) in [6.45, 7) is 5.07. The first-order valence-corrected chi connectivity index (χ1v) is 10.8. The lowest BCUT2D eigenvalue weighted by Gasteiger charge is -2.30. The molecule has 0 aromatic heterocycles. The third-order valence-electron chi connectivity index (χ3n) is 5.52. The van der Waals surface area contributed by atoms with Gasteiger partial charge in [0.25, 0.3) is 5.91 Å². The summed E-state index contributed by atoms with van der Waals surface area (Å²) < 4.78 is 0. The van der Waals surface area contributed by atoms with Crippen LogP contribution in [0.2, 0.25) is 0 Å². The van der Waals surface area contributed by atoms with Crippen LogP contribution in [0, 0.1) is 0 Å². The van der Waals surface area contributed by atoms with Gasteiger partial charge in [0.05, 0.1) is 0 Å². The van der Waals surface area contributed by atoms with Crippen LogP contribution in [-0.4, -0.2) is 82.9 Å². The molecule has 2 rings (SSSR count). The molecule has 0 aliphatic carbocycles. The molecule has 0 spiro atoms. The van der Waals surface area contributed by atoms with Gasteiger partial charge in [-0.3, -0.25) is 19.2 Å². The van der Waals surface area contributed by atoms with Crippen LogP contribution in [0.1, 0.15) is 39.2 Å². The molecule has 0 saturated carbocycles. The van der Waals surface area contributed by atoms with E-state index < -0.39 is 41.4 Å². The molecule has 1 fully saturated rings. The Kier molecular flexibility index (Phi) is 8.38. The summed E-state index contributed by atoms with van der Waals surface area (Å²) in [7, 11) is 3.19. The Bertz CT molecular complexity index is 840. The number of nitrogens with one attached hydrogen (secondary N) is 2. The van der Waals surface area contributed by atoms with Crippen LogP contribution in [0.5, 0.6) is 0 Å². The highest BCUT2D eigenvalue weighted by molar-refractivity contribution is 5.95. The number of hydrogen-bond acceptors (Lipinski definition) is 5. The fraction of sp³-hybridized carbons (Fsp3) is 0.565. The molecule has 9 heteroatoms. The molecule has 0 radical (unpaired) electrons. The number of likely N-dealkylation sites (tertiary alicyclic amines) is 1. The smallest absolute Gasteiger partial charge is 0.252 e. The number of carbonyl (C=O) groups is 4. The van der Waals surface area contributed by atoms with E-state index in [2.05, 4.69) is 10.6 Å². The summed E-state index contributed by atoms with van der Waals surface area (Å²) in [4.78, 5) is 53.1. The van der Waals surface area contributed by atoms with Crippen molar-refractivity contribution in [2.24, 2.45) is 0 Å². The van der Waals surface area contributed by atoms with E-state index in [1.165, 1.54) is 16.7 Å². The topological polar surface area (TPSA) is 119 Å². The summed E-state index contributed by atoms with van der Waals surface area (Å²) in [6.07, 6.45) is 0.00376. The molecule has 0 unspecified atom stereocenters. The van der Waals surface area contributed by atoms with Crippen LogP contribution < -0.4 is 10.6 Å². The molecule has 1 aromatic carbocycles. The minimum absolute atomic E-state index is 0.165. The Morgan fingerprint density at radius 2 is 1.81 bits per heavy atom. The van der Waals surface area contributed by atoms with Crippen LogP contribution >= 0.6 is 0 Å². The van der Waals surface area contributed by atoms with Gasteiger partial charge in [0, 0.05) is 27.1 Å². The quantitative estimate of drug-likeness (QED) is 0.522. The molecule has 0 bridgehead atoms. The van der Waals surface area contributed by atoms with Crippen LogP contribution in [0.3, 0.4) is 0 Å². The predicted octanol–water partition coefficient (Wildman–Crippen LogP) is 0.0687. The number of hydrogen-bond donors (Lipinski definition) is 3. The van der Waals surface area contributed by atoms with Crippen molar-refractivity contribution in [3.8, 4) is 0 Å². The summed E-state index contributed by atoms with van der Waals surface area (Å²) >= 11 is 0. The Labute approximate surface area is 189 Å². The summed E-state index contributed by atoms with van der Waals surface area (Å²) in [5.74, 6) is -1.73. The molecule has 4 amide bonds. The first kappa shape index (κ1) is 25.3. The van der Waals surface area contributed by atoms with Gasteiger partial charge in [-0.25, -0.2) is 0 Å². The molecular weight excluding hydrogens is 412 g/mol. The number of aliphatic hydroxyl groups is 1. The molecule has 1 saturated heterocycles. The minimum atomic E-state index is -1.25. The van der Waals surface area contributed by atoms with Crippen molar-refractivity contribution >= 4 is 23.6 Å². The molecular formula is C23H34N4O5. The average Bonchev–Trinajstić information content (AvgIpc) is 3.22. The van der Waals surface area contributed by atoms with Gasteiger partial charge < -0.3 is 25.5 Å². The lowest BCUT2D eigenvalue weighted by Crippen LogP contribution is -2.59. The van der Waals surface area contributed by atoms with Crippen molar-refractivity contribution < 1.29 is 24.3 Å². The van der Waals surface area contributed by atoms with Crippen LogP contribution in [0.4, 0.5) is 0 Å². The largest absolute Gasteiger partial charge is 0.383 e. The number of benzene rings is 1. The molecule has 1 aliphatic rings. The van der Waals surface area contributed by atoms with Crippen molar-refractivity contribution in [3.05, 3.63) is 35.9 Å². The highest BCUT2D eigenvalue weighted by Gasteiger charge is 2.38.